The standard InChI is InChI=1S/C15H21NO4/c1-20-15(19)14(18)13(17)12-6-4-5-11(9-12)10-16-7-2-3-8-16/h4-6,9,13-14,17-18H,2-3,7-8,10H2,1H3. The van der Waals surface area contributed by atoms with Crippen LogP contribution in [0.2, 0.25) is 0 Å². The summed E-state index contributed by atoms with van der Waals surface area (Å²) in [7, 11) is 1.18. The van der Waals surface area contributed by atoms with Crippen LogP contribution in [0.5, 0.6) is 0 Å². The molecular formula is C15H21NO4. The number of ether oxygens (including phenoxy) is 1. The maximum Gasteiger partial charge on any atom is 0.337 e. The lowest BCUT2D eigenvalue weighted by molar-refractivity contribution is -0.156. The Hall–Kier alpha value is -1.43. The number of rotatable bonds is 5. The molecule has 20 heavy (non-hydrogen) atoms. The van der Waals surface area contributed by atoms with Gasteiger partial charge in [-0.25, -0.2) is 4.79 Å². The summed E-state index contributed by atoms with van der Waals surface area (Å²) in [6.07, 6.45) is -0.366. The summed E-state index contributed by atoms with van der Waals surface area (Å²) in [5, 5.41) is 19.7. The Morgan fingerprint density at radius 2 is 2.05 bits per heavy atom. The number of methoxy groups -OCH3 is 1. The second-order valence-electron chi connectivity index (χ2n) is 5.14. The van der Waals surface area contributed by atoms with Crippen LogP contribution in [0.3, 0.4) is 0 Å². The summed E-state index contributed by atoms with van der Waals surface area (Å²) >= 11 is 0. The Morgan fingerprint density at radius 3 is 2.70 bits per heavy atom. The van der Waals surface area contributed by atoms with Gasteiger partial charge in [0.05, 0.1) is 7.11 Å². The first-order chi connectivity index (χ1) is 9.61. The van der Waals surface area contributed by atoms with Gasteiger partial charge in [-0.2, -0.15) is 0 Å². The van der Waals surface area contributed by atoms with Crippen molar-refractivity contribution in [2.24, 2.45) is 0 Å². The van der Waals surface area contributed by atoms with E-state index in [9.17, 15) is 15.0 Å². The highest BCUT2D eigenvalue weighted by atomic mass is 16.5. The second kappa shape index (κ2) is 6.83. The van der Waals surface area contributed by atoms with Crippen LogP contribution in [0.25, 0.3) is 0 Å². The van der Waals surface area contributed by atoms with Gasteiger partial charge in [0, 0.05) is 6.54 Å². The molecule has 1 saturated heterocycles. The fraction of sp³-hybridized carbons (Fsp3) is 0.533. The minimum Gasteiger partial charge on any atom is -0.467 e. The molecule has 110 valence electrons. The van der Waals surface area contributed by atoms with Crippen molar-refractivity contribution < 1.29 is 19.7 Å². The molecule has 5 heteroatoms. The SMILES string of the molecule is COC(=O)C(O)C(O)c1cccc(CN2CCCC2)c1. The molecule has 2 N–H and O–H groups in total. The summed E-state index contributed by atoms with van der Waals surface area (Å²) in [6, 6.07) is 7.34. The van der Waals surface area contributed by atoms with Crippen molar-refractivity contribution in [3.63, 3.8) is 0 Å². The molecule has 2 rings (SSSR count). The van der Waals surface area contributed by atoms with Gasteiger partial charge < -0.3 is 14.9 Å². The van der Waals surface area contributed by atoms with Crippen molar-refractivity contribution >= 4 is 5.97 Å². The molecule has 5 nitrogen and oxygen atoms in total. The number of nitrogens with zero attached hydrogens (tertiary/aromatic N) is 1. The van der Waals surface area contributed by atoms with Crippen LogP contribution in [0.4, 0.5) is 0 Å². The zero-order valence-corrected chi connectivity index (χ0v) is 11.7. The van der Waals surface area contributed by atoms with E-state index in [1.54, 1.807) is 6.07 Å². The molecule has 0 amide bonds. The molecule has 1 aromatic carbocycles. The largest absolute Gasteiger partial charge is 0.467 e. The van der Waals surface area contributed by atoms with Gasteiger partial charge in [-0.3, -0.25) is 4.90 Å². The predicted molar refractivity (Wildman–Crippen MR) is 73.9 cm³/mol. The molecule has 1 fully saturated rings. The first-order valence-corrected chi connectivity index (χ1v) is 6.87. The van der Waals surface area contributed by atoms with Crippen molar-refractivity contribution in [3.8, 4) is 0 Å². The van der Waals surface area contributed by atoms with Crippen LogP contribution >= 0.6 is 0 Å². The highest BCUT2D eigenvalue weighted by Crippen LogP contribution is 2.20. The van der Waals surface area contributed by atoms with Gasteiger partial charge in [-0.1, -0.05) is 24.3 Å². The molecule has 0 radical (unpaired) electrons. The zero-order valence-electron chi connectivity index (χ0n) is 11.7. The third-order valence-corrected chi connectivity index (χ3v) is 3.64. The molecular weight excluding hydrogens is 258 g/mol. The van der Waals surface area contributed by atoms with Crippen LogP contribution in [0.1, 0.15) is 30.1 Å². The highest BCUT2D eigenvalue weighted by Gasteiger charge is 2.26. The predicted octanol–water partition coefficient (Wildman–Crippen LogP) is 0.850. The van der Waals surface area contributed by atoms with Crippen molar-refractivity contribution in [2.75, 3.05) is 20.2 Å². The van der Waals surface area contributed by atoms with E-state index < -0.39 is 18.2 Å². The van der Waals surface area contributed by atoms with E-state index >= 15 is 0 Å². The van der Waals surface area contributed by atoms with Crippen LogP contribution in [-0.2, 0) is 16.1 Å². The van der Waals surface area contributed by atoms with Gasteiger partial charge in [0.1, 0.15) is 6.10 Å². The lowest BCUT2D eigenvalue weighted by Gasteiger charge is -2.18. The average Bonchev–Trinajstić information content (AvgIpc) is 2.98. The Balaban J connectivity index is 2.06. The van der Waals surface area contributed by atoms with Crippen LogP contribution in [0, 0.1) is 0 Å². The van der Waals surface area contributed by atoms with Gasteiger partial charge >= 0.3 is 5.97 Å². The van der Waals surface area contributed by atoms with E-state index in [0.717, 1.165) is 25.2 Å². The van der Waals surface area contributed by atoms with Gasteiger partial charge in [-0.15, -0.1) is 0 Å². The van der Waals surface area contributed by atoms with Crippen LogP contribution in [0.15, 0.2) is 24.3 Å². The Kier molecular flexibility index (Phi) is 5.11. The van der Waals surface area contributed by atoms with E-state index in [1.807, 2.05) is 18.2 Å². The molecule has 1 heterocycles. The number of hydrogen-bond donors (Lipinski definition) is 2. The Bertz CT molecular complexity index is 457. The molecule has 0 bridgehead atoms. The lowest BCUT2D eigenvalue weighted by Crippen LogP contribution is -2.29. The molecule has 1 aromatic rings. The maximum atomic E-state index is 11.2. The molecule has 1 aliphatic heterocycles. The lowest BCUT2D eigenvalue weighted by atomic mass is 10.0. The number of carbonyl (C=O) groups is 1. The second-order valence-corrected chi connectivity index (χ2v) is 5.14. The van der Waals surface area contributed by atoms with E-state index in [4.69, 9.17) is 0 Å². The summed E-state index contributed by atoms with van der Waals surface area (Å²) < 4.78 is 4.44. The molecule has 0 spiro atoms. The Morgan fingerprint density at radius 1 is 1.35 bits per heavy atom. The van der Waals surface area contributed by atoms with E-state index in [0.29, 0.717) is 5.56 Å². The number of carbonyl (C=O) groups excluding carboxylic acids is 1. The van der Waals surface area contributed by atoms with Gasteiger partial charge in [0.15, 0.2) is 6.10 Å². The molecule has 0 aromatic heterocycles. The van der Waals surface area contributed by atoms with Crippen molar-refractivity contribution in [1.29, 1.82) is 0 Å². The van der Waals surface area contributed by atoms with Crippen molar-refractivity contribution in [3.05, 3.63) is 35.4 Å². The normalized spacial score (nSPS) is 18.8. The number of aliphatic hydroxyl groups excluding tert-OH is 2. The molecule has 0 aliphatic carbocycles. The minimum atomic E-state index is -1.55. The first-order valence-electron chi connectivity index (χ1n) is 6.87. The fourth-order valence-electron chi connectivity index (χ4n) is 2.51. The number of esters is 1. The molecule has 1 aliphatic rings. The number of likely N-dealkylation sites (tertiary alicyclic amines) is 1. The summed E-state index contributed by atoms with van der Waals surface area (Å²) in [5.74, 6) is -0.831. The van der Waals surface area contributed by atoms with Crippen LogP contribution < -0.4 is 0 Å². The van der Waals surface area contributed by atoms with E-state index in [-0.39, 0.29) is 0 Å². The van der Waals surface area contributed by atoms with Crippen molar-refractivity contribution in [1.82, 2.24) is 4.90 Å². The van der Waals surface area contributed by atoms with E-state index in [1.165, 1.54) is 20.0 Å². The Labute approximate surface area is 118 Å². The monoisotopic (exact) mass is 279 g/mol. The quantitative estimate of drug-likeness (QED) is 0.782. The summed E-state index contributed by atoms with van der Waals surface area (Å²) in [6.45, 7) is 3.02. The third kappa shape index (κ3) is 3.56. The van der Waals surface area contributed by atoms with Crippen molar-refractivity contribution in [2.45, 2.75) is 31.6 Å². The smallest absolute Gasteiger partial charge is 0.337 e. The average molecular weight is 279 g/mol. The molecule has 2 unspecified atom stereocenters. The third-order valence-electron chi connectivity index (χ3n) is 3.64. The topological polar surface area (TPSA) is 70.0 Å². The number of benzene rings is 1. The number of aliphatic hydroxyl groups is 2. The number of hydrogen-bond acceptors (Lipinski definition) is 5. The highest BCUT2D eigenvalue weighted by molar-refractivity contribution is 5.75. The van der Waals surface area contributed by atoms with Crippen LogP contribution in [-0.4, -0.2) is 47.4 Å². The molecule has 2 atom stereocenters. The summed E-state index contributed by atoms with van der Waals surface area (Å²) in [5.41, 5.74) is 1.60. The maximum absolute atomic E-state index is 11.2. The van der Waals surface area contributed by atoms with Gasteiger partial charge in [0.2, 0.25) is 0 Å². The summed E-state index contributed by atoms with van der Waals surface area (Å²) in [4.78, 5) is 13.6. The minimum absolute atomic E-state index is 0.527. The molecule has 0 saturated carbocycles. The first kappa shape index (κ1) is 15.0. The zero-order chi connectivity index (χ0) is 14.5. The van der Waals surface area contributed by atoms with E-state index in [2.05, 4.69) is 9.64 Å². The fourth-order valence-corrected chi connectivity index (χ4v) is 2.51. The van der Waals surface area contributed by atoms with Gasteiger partial charge in [-0.05, 0) is 37.1 Å². The van der Waals surface area contributed by atoms with Gasteiger partial charge in [0.25, 0.3) is 0 Å².